The summed E-state index contributed by atoms with van der Waals surface area (Å²) in [6, 6.07) is 14.0. The lowest BCUT2D eigenvalue weighted by Gasteiger charge is -2.23. The molecule has 0 fully saturated rings. The van der Waals surface area contributed by atoms with E-state index in [1.807, 2.05) is 24.3 Å². The van der Waals surface area contributed by atoms with Crippen LogP contribution in [0.2, 0.25) is 5.02 Å². The zero-order chi connectivity index (χ0) is 19.0. The molecule has 1 aromatic carbocycles. The number of nitrogens with zero attached hydrogens (tertiary/aromatic N) is 1. The number of hydrogen-bond donors (Lipinski definition) is 2. The van der Waals surface area contributed by atoms with Crippen molar-refractivity contribution in [1.82, 2.24) is 4.98 Å². The van der Waals surface area contributed by atoms with Crippen LogP contribution in [0, 0.1) is 5.41 Å². The van der Waals surface area contributed by atoms with Crippen molar-refractivity contribution in [2.24, 2.45) is 0 Å². The summed E-state index contributed by atoms with van der Waals surface area (Å²) in [7, 11) is 0. The molecule has 3 aromatic rings. The second-order valence-corrected chi connectivity index (χ2v) is 8.12. The number of nitrogens with one attached hydrogen (secondary N) is 2. The number of rotatable bonds is 3. The number of halogens is 1. The predicted octanol–water partition coefficient (Wildman–Crippen LogP) is 5.72. The van der Waals surface area contributed by atoms with Gasteiger partial charge >= 0.3 is 0 Å². The van der Waals surface area contributed by atoms with Gasteiger partial charge in [-0.2, -0.15) is 0 Å². The quantitative estimate of drug-likeness (QED) is 0.596. The van der Waals surface area contributed by atoms with E-state index in [1.165, 1.54) is 18.1 Å². The number of benzene rings is 1. The molecule has 1 amide bonds. The van der Waals surface area contributed by atoms with Gasteiger partial charge in [0, 0.05) is 34.6 Å². The smallest absolute Gasteiger partial charge is 0.222 e. The Morgan fingerprint density at radius 3 is 2.78 bits per heavy atom. The van der Waals surface area contributed by atoms with Gasteiger partial charge in [-0.25, -0.2) is 4.98 Å². The predicted molar refractivity (Wildman–Crippen MR) is 111 cm³/mol. The lowest BCUT2D eigenvalue weighted by molar-refractivity contribution is -0.114. The molecule has 27 heavy (non-hydrogen) atoms. The number of carbonyl (C=O) groups excluding carboxylic acids is 1. The van der Waals surface area contributed by atoms with Crippen LogP contribution >= 0.6 is 22.9 Å². The molecule has 0 spiro atoms. The SMILES string of the molecule is CC(=O)Nc1cc(-c2cc3c(s2)C(=N)CCC3c2ccc(Cl)cc2)ccn1. The van der Waals surface area contributed by atoms with Crippen LogP contribution in [0.3, 0.4) is 0 Å². The van der Waals surface area contributed by atoms with E-state index < -0.39 is 0 Å². The maximum absolute atomic E-state index is 11.3. The van der Waals surface area contributed by atoms with Gasteiger partial charge in [0.15, 0.2) is 0 Å². The van der Waals surface area contributed by atoms with Crippen molar-refractivity contribution in [3.05, 3.63) is 69.7 Å². The molecule has 1 unspecified atom stereocenters. The van der Waals surface area contributed by atoms with E-state index >= 15 is 0 Å². The molecule has 6 heteroatoms. The van der Waals surface area contributed by atoms with E-state index in [0.717, 1.165) is 33.2 Å². The summed E-state index contributed by atoms with van der Waals surface area (Å²) in [4.78, 5) is 17.6. The van der Waals surface area contributed by atoms with Gasteiger partial charge in [0.25, 0.3) is 0 Å². The van der Waals surface area contributed by atoms with Crippen molar-refractivity contribution in [2.45, 2.75) is 25.7 Å². The first-order valence-electron chi connectivity index (χ1n) is 8.72. The lowest BCUT2D eigenvalue weighted by Crippen LogP contribution is -2.13. The molecule has 2 aromatic heterocycles. The first kappa shape index (κ1) is 17.9. The Hall–Kier alpha value is -2.50. The molecule has 2 heterocycles. The summed E-state index contributed by atoms with van der Waals surface area (Å²) in [6.45, 7) is 1.47. The highest BCUT2D eigenvalue weighted by Gasteiger charge is 2.27. The van der Waals surface area contributed by atoms with Gasteiger partial charge in [0.2, 0.25) is 5.91 Å². The van der Waals surface area contributed by atoms with Crippen LogP contribution in [0.15, 0.2) is 48.7 Å². The molecule has 0 bridgehead atoms. The summed E-state index contributed by atoms with van der Waals surface area (Å²) >= 11 is 7.68. The van der Waals surface area contributed by atoms with E-state index in [1.54, 1.807) is 17.5 Å². The summed E-state index contributed by atoms with van der Waals surface area (Å²) < 4.78 is 0. The molecule has 4 rings (SSSR count). The third-order valence-electron chi connectivity index (χ3n) is 4.71. The summed E-state index contributed by atoms with van der Waals surface area (Å²) in [5.41, 5.74) is 4.12. The summed E-state index contributed by atoms with van der Waals surface area (Å²) in [5.74, 6) is 0.665. The van der Waals surface area contributed by atoms with Crippen LogP contribution in [0.4, 0.5) is 5.82 Å². The largest absolute Gasteiger partial charge is 0.311 e. The second kappa shape index (κ2) is 7.25. The van der Waals surface area contributed by atoms with E-state index in [4.69, 9.17) is 17.0 Å². The summed E-state index contributed by atoms with van der Waals surface area (Å²) in [6.07, 6.45) is 3.40. The molecule has 1 aliphatic rings. The van der Waals surface area contributed by atoms with Gasteiger partial charge in [-0.3, -0.25) is 4.79 Å². The fourth-order valence-electron chi connectivity index (χ4n) is 3.47. The maximum atomic E-state index is 11.3. The monoisotopic (exact) mass is 395 g/mol. The molecular formula is C21H18ClN3OS. The highest BCUT2D eigenvalue weighted by molar-refractivity contribution is 7.17. The van der Waals surface area contributed by atoms with Gasteiger partial charge in [-0.1, -0.05) is 23.7 Å². The Bertz CT molecular complexity index is 1030. The highest BCUT2D eigenvalue weighted by atomic mass is 35.5. The van der Waals surface area contributed by atoms with Crippen LogP contribution < -0.4 is 5.32 Å². The van der Waals surface area contributed by atoms with Gasteiger partial charge < -0.3 is 10.7 Å². The van der Waals surface area contributed by atoms with Crippen LogP contribution in [0.5, 0.6) is 0 Å². The molecule has 2 N–H and O–H groups in total. The standard InChI is InChI=1S/C21H18ClN3OS/c1-12(26)25-20-10-14(8-9-24-20)19-11-17-16(6-7-18(23)21(17)27-19)13-2-4-15(22)5-3-13/h2-5,8-11,16,23H,6-7H2,1H3,(H,24,25,26). The Labute approximate surface area is 166 Å². The average Bonchev–Trinajstić information content (AvgIpc) is 3.09. The van der Waals surface area contributed by atoms with E-state index in [0.29, 0.717) is 11.5 Å². The summed E-state index contributed by atoms with van der Waals surface area (Å²) in [5, 5.41) is 11.8. The van der Waals surface area contributed by atoms with E-state index in [-0.39, 0.29) is 11.8 Å². The molecule has 0 radical (unpaired) electrons. The highest BCUT2D eigenvalue weighted by Crippen LogP contribution is 2.43. The van der Waals surface area contributed by atoms with Gasteiger partial charge in [0.05, 0.1) is 4.88 Å². The number of aromatic nitrogens is 1. The molecule has 0 aliphatic heterocycles. The van der Waals surface area contributed by atoms with Crippen molar-refractivity contribution < 1.29 is 4.79 Å². The van der Waals surface area contributed by atoms with Crippen molar-refractivity contribution >= 4 is 40.4 Å². The topological polar surface area (TPSA) is 65.8 Å². The van der Waals surface area contributed by atoms with Gasteiger partial charge in [0.1, 0.15) is 5.82 Å². The maximum Gasteiger partial charge on any atom is 0.222 e. The Kier molecular flexibility index (Phi) is 4.81. The van der Waals surface area contributed by atoms with Crippen LogP contribution in [0.1, 0.15) is 41.7 Å². The molecule has 0 saturated heterocycles. The Balaban J connectivity index is 1.74. The molecule has 4 nitrogen and oxygen atoms in total. The first-order chi connectivity index (χ1) is 13.0. The second-order valence-electron chi connectivity index (χ2n) is 6.63. The van der Waals surface area contributed by atoms with Crippen molar-refractivity contribution in [3.63, 3.8) is 0 Å². The minimum atomic E-state index is -0.144. The number of anilines is 1. The van der Waals surface area contributed by atoms with Crippen LogP contribution in [-0.2, 0) is 4.79 Å². The Morgan fingerprint density at radius 1 is 1.26 bits per heavy atom. The van der Waals surface area contributed by atoms with Crippen molar-refractivity contribution in [2.75, 3.05) is 5.32 Å². The first-order valence-corrected chi connectivity index (χ1v) is 9.91. The Morgan fingerprint density at radius 2 is 2.04 bits per heavy atom. The van der Waals surface area contributed by atoms with E-state index in [9.17, 15) is 4.79 Å². The minimum Gasteiger partial charge on any atom is -0.311 e. The zero-order valence-electron chi connectivity index (χ0n) is 14.8. The van der Waals surface area contributed by atoms with E-state index in [2.05, 4.69) is 28.5 Å². The van der Waals surface area contributed by atoms with Crippen molar-refractivity contribution in [3.8, 4) is 10.4 Å². The zero-order valence-corrected chi connectivity index (χ0v) is 16.3. The van der Waals surface area contributed by atoms with Crippen molar-refractivity contribution in [1.29, 1.82) is 5.41 Å². The van der Waals surface area contributed by atoms with Gasteiger partial charge in [-0.15, -0.1) is 11.3 Å². The fourth-order valence-corrected chi connectivity index (χ4v) is 4.79. The third-order valence-corrected chi connectivity index (χ3v) is 6.23. The number of fused-ring (bicyclic) bond motifs is 1. The number of thiophene rings is 1. The number of amides is 1. The molecule has 0 saturated carbocycles. The van der Waals surface area contributed by atoms with Crippen LogP contribution in [0.25, 0.3) is 10.4 Å². The molecule has 136 valence electrons. The molecular weight excluding hydrogens is 378 g/mol. The number of hydrogen-bond acceptors (Lipinski definition) is 4. The fraction of sp³-hybridized carbons (Fsp3) is 0.190. The number of pyridine rings is 1. The number of carbonyl (C=O) groups is 1. The van der Waals surface area contributed by atoms with Crippen LogP contribution in [-0.4, -0.2) is 16.6 Å². The normalized spacial score (nSPS) is 16.1. The van der Waals surface area contributed by atoms with Gasteiger partial charge in [-0.05, 0) is 59.9 Å². The average molecular weight is 396 g/mol. The lowest BCUT2D eigenvalue weighted by atomic mass is 9.82. The third kappa shape index (κ3) is 3.66. The minimum absolute atomic E-state index is 0.144. The molecule has 1 atom stereocenters. The molecule has 1 aliphatic carbocycles.